The number of nitrogens with one attached hydrogen (secondary N) is 1. The van der Waals surface area contributed by atoms with E-state index in [2.05, 4.69) is 12.2 Å². The first-order valence-corrected chi connectivity index (χ1v) is 15.3. The summed E-state index contributed by atoms with van der Waals surface area (Å²) in [4.78, 5) is 29.1. The number of benzene rings is 3. The van der Waals surface area contributed by atoms with E-state index >= 15 is 0 Å². The summed E-state index contributed by atoms with van der Waals surface area (Å²) in [5.41, 5.74) is 3.01. The molecular weight excluding hydrogens is 522 g/mol. The van der Waals surface area contributed by atoms with Gasteiger partial charge in [-0.1, -0.05) is 91.7 Å². The van der Waals surface area contributed by atoms with Gasteiger partial charge < -0.3 is 10.2 Å². The quantitative estimate of drug-likeness (QED) is 0.265. The zero-order chi connectivity index (χ0) is 29.0. The van der Waals surface area contributed by atoms with Gasteiger partial charge in [0.1, 0.15) is 6.04 Å². The van der Waals surface area contributed by atoms with Crippen molar-refractivity contribution < 1.29 is 18.0 Å². The van der Waals surface area contributed by atoms with E-state index in [0.717, 1.165) is 29.5 Å². The molecular formula is C32H41N3O4S. The number of rotatable bonds is 15. The predicted molar refractivity (Wildman–Crippen MR) is 159 cm³/mol. The van der Waals surface area contributed by atoms with Crippen molar-refractivity contribution >= 4 is 21.8 Å². The zero-order valence-corrected chi connectivity index (χ0v) is 24.6. The predicted octanol–water partition coefficient (Wildman–Crippen LogP) is 4.95. The highest BCUT2D eigenvalue weighted by atomic mass is 32.2. The molecule has 0 saturated heterocycles. The fraction of sp³-hybridized carbons (Fsp3) is 0.375. The van der Waals surface area contributed by atoms with Crippen LogP contribution in [-0.2, 0) is 32.6 Å². The average Bonchev–Trinajstić information content (AvgIpc) is 2.96. The smallest absolute Gasteiger partial charge is 0.243 e. The molecule has 0 fully saturated rings. The minimum absolute atomic E-state index is 0.119. The maximum atomic E-state index is 13.8. The highest BCUT2D eigenvalue weighted by Gasteiger charge is 2.30. The van der Waals surface area contributed by atoms with E-state index in [1.54, 1.807) is 35.2 Å². The molecule has 0 aromatic heterocycles. The van der Waals surface area contributed by atoms with Gasteiger partial charge in [-0.2, -0.15) is 0 Å². The lowest BCUT2D eigenvalue weighted by atomic mass is 10.0. The molecule has 0 heterocycles. The molecule has 3 rings (SSSR count). The average molecular weight is 564 g/mol. The molecule has 214 valence electrons. The first-order chi connectivity index (χ1) is 19.2. The molecule has 40 heavy (non-hydrogen) atoms. The third kappa shape index (κ3) is 9.03. The molecule has 1 N–H and O–H groups in total. The second-order valence-corrected chi connectivity index (χ2v) is 12.1. The van der Waals surface area contributed by atoms with Gasteiger partial charge >= 0.3 is 0 Å². The van der Waals surface area contributed by atoms with Crippen molar-refractivity contribution in [2.24, 2.45) is 0 Å². The first-order valence-electron chi connectivity index (χ1n) is 13.9. The summed E-state index contributed by atoms with van der Waals surface area (Å²) < 4.78 is 27.1. The molecule has 0 bridgehead atoms. The summed E-state index contributed by atoms with van der Waals surface area (Å²) >= 11 is 0. The Kier molecular flexibility index (Phi) is 11.9. The van der Waals surface area contributed by atoms with Crippen molar-refractivity contribution in [2.45, 2.75) is 63.4 Å². The molecule has 0 radical (unpaired) electrons. The molecule has 0 unspecified atom stereocenters. The van der Waals surface area contributed by atoms with Crippen molar-refractivity contribution in [3.8, 4) is 0 Å². The summed E-state index contributed by atoms with van der Waals surface area (Å²) in [6.45, 7) is 5.10. The van der Waals surface area contributed by atoms with Crippen LogP contribution in [0.4, 0.5) is 0 Å². The number of hydrogen-bond donors (Lipinski definition) is 1. The molecule has 7 nitrogen and oxygen atoms in total. The lowest BCUT2D eigenvalue weighted by molar-refractivity contribution is -0.141. The normalized spacial score (nSPS) is 12.2. The maximum absolute atomic E-state index is 13.8. The third-order valence-corrected chi connectivity index (χ3v) is 8.76. The Bertz CT molecular complexity index is 1310. The summed E-state index contributed by atoms with van der Waals surface area (Å²) in [5, 5.41) is 3.03. The Morgan fingerprint density at radius 1 is 0.850 bits per heavy atom. The van der Waals surface area contributed by atoms with Gasteiger partial charge in [0.2, 0.25) is 21.8 Å². The minimum atomic E-state index is -3.65. The van der Waals surface area contributed by atoms with E-state index in [1.165, 1.54) is 11.4 Å². The van der Waals surface area contributed by atoms with Crippen molar-refractivity contribution in [3.63, 3.8) is 0 Å². The molecule has 3 aromatic rings. The molecule has 0 aliphatic rings. The van der Waals surface area contributed by atoms with Crippen molar-refractivity contribution in [3.05, 3.63) is 102 Å². The molecule has 8 heteroatoms. The monoisotopic (exact) mass is 563 g/mol. The molecule has 0 spiro atoms. The summed E-state index contributed by atoms with van der Waals surface area (Å²) in [6, 6.07) is 25.2. The van der Waals surface area contributed by atoms with Crippen molar-refractivity contribution in [2.75, 3.05) is 20.1 Å². The van der Waals surface area contributed by atoms with E-state index in [4.69, 9.17) is 0 Å². The van der Waals surface area contributed by atoms with Crippen molar-refractivity contribution in [1.82, 2.24) is 14.5 Å². The van der Waals surface area contributed by atoms with E-state index in [-0.39, 0.29) is 36.2 Å². The Balaban J connectivity index is 1.80. The van der Waals surface area contributed by atoms with Gasteiger partial charge in [-0.15, -0.1) is 0 Å². The van der Waals surface area contributed by atoms with Gasteiger partial charge in [-0.25, -0.2) is 12.7 Å². The van der Waals surface area contributed by atoms with E-state index < -0.39 is 16.1 Å². The molecule has 0 aliphatic heterocycles. The SMILES string of the molecule is CCCCNC(=O)[C@@H](Cc1ccccc1)N(Cc1ccc(C)cc1)C(=O)CCCN(C)S(=O)(=O)c1ccccc1. The molecule has 3 aromatic carbocycles. The van der Waals surface area contributed by atoms with Gasteiger partial charge in [-0.3, -0.25) is 9.59 Å². The van der Waals surface area contributed by atoms with Crippen LogP contribution >= 0.6 is 0 Å². The van der Waals surface area contributed by atoms with E-state index in [9.17, 15) is 18.0 Å². The van der Waals surface area contributed by atoms with Crippen LogP contribution in [0.2, 0.25) is 0 Å². The number of nitrogens with zero attached hydrogens (tertiary/aromatic N) is 2. The van der Waals surface area contributed by atoms with Crippen LogP contribution in [0.15, 0.2) is 89.8 Å². The van der Waals surface area contributed by atoms with Crippen LogP contribution in [0, 0.1) is 6.92 Å². The number of unbranched alkanes of at least 4 members (excludes halogenated alkanes) is 1. The van der Waals surface area contributed by atoms with Crippen molar-refractivity contribution in [1.29, 1.82) is 0 Å². The summed E-state index contributed by atoms with van der Waals surface area (Å²) in [5.74, 6) is -0.362. The molecule has 1 atom stereocenters. The van der Waals surface area contributed by atoms with E-state index in [0.29, 0.717) is 19.4 Å². The molecule has 2 amide bonds. The second-order valence-electron chi connectivity index (χ2n) is 10.1. The fourth-order valence-electron chi connectivity index (χ4n) is 4.44. The zero-order valence-electron chi connectivity index (χ0n) is 23.8. The maximum Gasteiger partial charge on any atom is 0.243 e. The highest BCUT2D eigenvalue weighted by Crippen LogP contribution is 2.18. The lowest BCUT2D eigenvalue weighted by Gasteiger charge is -2.32. The van der Waals surface area contributed by atoms with Gasteiger partial charge in [0.25, 0.3) is 0 Å². The Labute approximate surface area is 239 Å². The number of aryl methyl sites for hydroxylation is 1. The Morgan fingerprint density at radius 2 is 1.48 bits per heavy atom. The number of carbonyl (C=O) groups excluding carboxylic acids is 2. The third-order valence-electron chi connectivity index (χ3n) is 6.89. The van der Waals surface area contributed by atoms with E-state index in [1.807, 2.05) is 61.5 Å². The van der Waals surface area contributed by atoms with Gasteiger partial charge in [0, 0.05) is 39.5 Å². The first kappa shape index (κ1) is 31.0. The van der Waals surface area contributed by atoms with Crippen LogP contribution in [-0.4, -0.2) is 55.6 Å². The summed E-state index contributed by atoms with van der Waals surface area (Å²) in [6.07, 6.45) is 2.65. The van der Waals surface area contributed by atoms with Crippen LogP contribution in [0.1, 0.15) is 49.3 Å². The second kappa shape index (κ2) is 15.3. The van der Waals surface area contributed by atoms with Crippen LogP contribution in [0.3, 0.4) is 0 Å². The topological polar surface area (TPSA) is 86.8 Å². The number of sulfonamides is 1. The van der Waals surface area contributed by atoms with Crippen LogP contribution < -0.4 is 5.32 Å². The summed E-state index contributed by atoms with van der Waals surface area (Å²) in [7, 11) is -2.12. The van der Waals surface area contributed by atoms with Gasteiger partial charge in [0.15, 0.2) is 0 Å². The van der Waals surface area contributed by atoms with Gasteiger partial charge in [-0.05, 0) is 43.0 Å². The number of hydrogen-bond acceptors (Lipinski definition) is 4. The van der Waals surface area contributed by atoms with Gasteiger partial charge in [0.05, 0.1) is 4.90 Å². The highest BCUT2D eigenvalue weighted by molar-refractivity contribution is 7.89. The minimum Gasteiger partial charge on any atom is -0.354 e. The standard InChI is InChI=1S/C32H41N3O4S/c1-4-5-22-33-32(37)30(24-27-13-8-6-9-14-27)35(25-28-20-18-26(2)19-21-28)31(36)17-12-23-34(3)40(38,39)29-15-10-7-11-16-29/h6-11,13-16,18-21,30H,4-5,12,17,22-25H2,1-3H3,(H,33,37)/t30-/m1/s1. The lowest BCUT2D eigenvalue weighted by Crippen LogP contribution is -2.50. The Morgan fingerprint density at radius 3 is 2.10 bits per heavy atom. The Hall–Kier alpha value is -3.49. The largest absolute Gasteiger partial charge is 0.354 e. The fourth-order valence-corrected chi connectivity index (χ4v) is 5.67. The van der Waals surface area contributed by atoms with Crippen LogP contribution in [0.5, 0.6) is 0 Å². The molecule has 0 aliphatic carbocycles. The molecule has 0 saturated carbocycles. The number of amides is 2. The number of carbonyl (C=O) groups is 2. The van der Waals surface area contributed by atoms with Crippen LogP contribution in [0.25, 0.3) is 0 Å².